The molecule has 1 saturated heterocycles. The van der Waals surface area contributed by atoms with Gasteiger partial charge in [0.05, 0.1) is 17.3 Å². The predicted molar refractivity (Wildman–Crippen MR) is 101 cm³/mol. The van der Waals surface area contributed by atoms with Crippen LogP contribution in [0.3, 0.4) is 0 Å². The van der Waals surface area contributed by atoms with Gasteiger partial charge in [-0.1, -0.05) is 6.07 Å². The number of amides is 1. The van der Waals surface area contributed by atoms with Crippen molar-refractivity contribution in [2.45, 2.75) is 70.3 Å². The van der Waals surface area contributed by atoms with Crippen molar-refractivity contribution in [2.75, 3.05) is 13.1 Å². The second-order valence-electron chi connectivity index (χ2n) is 9.59. The van der Waals surface area contributed by atoms with E-state index in [4.69, 9.17) is 4.74 Å². The number of nitrogens with zero attached hydrogens (tertiary/aromatic N) is 1. The molecule has 29 heavy (non-hydrogen) atoms. The molecule has 0 bridgehead atoms. The monoisotopic (exact) mass is 411 g/mol. The number of ether oxygens (including phenoxy) is 1. The minimum atomic E-state index is -4.38. The van der Waals surface area contributed by atoms with Crippen LogP contribution in [0.25, 0.3) is 0 Å². The lowest BCUT2D eigenvalue weighted by Crippen LogP contribution is -2.63. The smallest absolute Gasteiger partial charge is 0.416 e. The van der Waals surface area contributed by atoms with Gasteiger partial charge in [-0.2, -0.15) is 13.2 Å². The number of rotatable bonds is 3. The summed E-state index contributed by atoms with van der Waals surface area (Å²) in [4.78, 5) is 14.4. The number of likely N-dealkylation sites (tertiary alicyclic amines) is 1. The molecule has 1 N–H and O–H groups in total. The first-order chi connectivity index (χ1) is 13.5. The van der Waals surface area contributed by atoms with Crippen molar-refractivity contribution >= 4 is 5.91 Å². The van der Waals surface area contributed by atoms with Gasteiger partial charge >= 0.3 is 6.18 Å². The van der Waals surface area contributed by atoms with Crippen LogP contribution in [0.4, 0.5) is 13.2 Å². The van der Waals surface area contributed by atoms with E-state index in [1.807, 2.05) is 4.90 Å². The van der Waals surface area contributed by atoms with Crippen LogP contribution < -0.4 is 4.74 Å². The van der Waals surface area contributed by atoms with E-state index in [1.165, 1.54) is 6.07 Å². The van der Waals surface area contributed by atoms with Crippen LogP contribution in [0.2, 0.25) is 0 Å². The molecule has 2 saturated carbocycles. The van der Waals surface area contributed by atoms with Gasteiger partial charge in [-0.15, -0.1) is 0 Å². The number of benzene rings is 1. The normalized spacial score (nSPS) is 29.3. The predicted octanol–water partition coefficient (Wildman–Crippen LogP) is 4.32. The Morgan fingerprint density at radius 2 is 1.83 bits per heavy atom. The largest absolute Gasteiger partial charge is 0.490 e. The number of aliphatic hydroxyl groups is 1. The standard InChI is InChI=1S/C22H28F3NO3/c1-14-3-4-16(22(23,24)25)9-18(14)29-17-5-7-21(8-6-17)12-26(13-21)19(27)15-10-20(2,28)11-15/h3-4,9,15,17,28H,5-8,10-13H2,1-2H3. The lowest BCUT2D eigenvalue weighted by Gasteiger charge is -2.55. The highest BCUT2D eigenvalue weighted by molar-refractivity contribution is 5.81. The first-order valence-corrected chi connectivity index (χ1v) is 10.3. The average molecular weight is 411 g/mol. The van der Waals surface area contributed by atoms with Crippen LogP contribution in [0.15, 0.2) is 18.2 Å². The molecular formula is C22H28F3NO3. The Morgan fingerprint density at radius 1 is 1.21 bits per heavy atom. The van der Waals surface area contributed by atoms with Crippen molar-refractivity contribution in [2.24, 2.45) is 11.3 Å². The number of aryl methyl sites for hydroxylation is 1. The molecule has 1 aliphatic heterocycles. The highest BCUT2D eigenvalue weighted by Gasteiger charge is 2.51. The summed E-state index contributed by atoms with van der Waals surface area (Å²) in [6.45, 7) is 5.02. The maximum atomic E-state index is 13.0. The molecule has 0 unspecified atom stereocenters. The Morgan fingerprint density at radius 3 is 2.38 bits per heavy atom. The van der Waals surface area contributed by atoms with Gasteiger partial charge in [0.15, 0.2) is 0 Å². The third-order valence-corrected chi connectivity index (χ3v) is 6.89. The van der Waals surface area contributed by atoms with Crippen molar-refractivity contribution in [3.63, 3.8) is 0 Å². The molecule has 3 fully saturated rings. The summed E-state index contributed by atoms with van der Waals surface area (Å²) < 4.78 is 44.8. The lowest BCUT2D eigenvalue weighted by molar-refractivity contribution is -0.164. The summed E-state index contributed by atoms with van der Waals surface area (Å²) in [5.41, 5.74) is -0.548. The summed E-state index contributed by atoms with van der Waals surface area (Å²) >= 11 is 0. The SMILES string of the molecule is Cc1ccc(C(F)(F)F)cc1OC1CCC2(CC1)CN(C(=O)C1CC(C)(O)C1)C2. The molecule has 0 atom stereocenters. The Labute approximate surface area is 169 Å². The Balaban J connectivity index is 1.28. The van der Waals surface area contributed by atoms with Gasteiger partial charge < -0.3 is 14.7 Å². The maximum absolute atomic E-state index is 13.0. The first-order valence-electron chi connectivity index (χ1n) is 10.3. The third kappa shape index (κ3) is 4.11. The quantitative estimate of drug-likeness (QED) is 0.806. The van der Waals surface area contributed by atoms with Crippen molar-refractivity contribution in [1.29, 1.82) is 0 Å². The Hall–Kier alpha value is -1.76. The molecule has 1 heterocycles. The van der Waals surface area contributed by atoms with Crippen LogP contribution in [-0.2, 0) is 11.0 Å². The van der Waals surface area contributed by atoms with Gasteiger partial charge in [0.2, 0.25) is 5.91 Å². The highest BCUT2D eigenvalue weighted by Crippen LogP contribution is 2.47. The number of hydrogen-bond acceptors (Lipinski definition) is 3. The number of halogens is 3. The molecule has 0 aromatic heterocycles. The highest BCUT2D eigenvalue weighted by atomic mass is 19.4. The van der Waals surface area contributed by atoms with Gasteiger partial charge in [-0.05, 0) is 70.1 Å². The zero-order valence-corrected chi connectivity index (χ0v) is 16.9. The van der Waals surface area contributed by atoms with E-state index < -0.39 is 17.3 Å². The molecule has 7 heteroatoms. The van der Waals surface area contributed by atoms with Gasteiger partial charge in [0, 0.05) is 24.4 Å². The summed E-state index contributed by atoms with van der Waals surface area (Å²) in [7, 11) is 0. The van der Waals surface area contributed by atoms with Crippen molar-refractivity contribution in [3.05, 3.63) is 29.3 Å². The molecule has 3 aliphatic rings. The van der Waals surface area contributed by atoms with E-state index in [2.05, 4.69) is 0 Å². The van der Waals surface area contributed by atoms with E-state index in [0.717, 1.165) is 50.9 Å². The van der Waals surface area contributed by atoms with E-state index in [0.29, 0.717) is 24.2 Å². The van der Waals surface area contributed by atoms with Crippen LogP contribution in [-0.4, -0.2) is 40.7 Å². The van der Waals surface area contributed by atoms with E-state index in [9.17, 15) is 23.1 Å². The second kappa shape index (κ2) is 6.89. The van der Waals surface area contributed by atoms with Gasteiger partial charge in [-0.25, -0.2) is 0 Å². The molecule has 4 nitrogen and oxygen atoms in total. The molecule has 160 valence electrons. The molecule has 1 aromatic rings. The second-order valence-corrected chi connectivity index (χ2v) is 9.59. The zero-order chi connectivity index (χ0) is 21.0. The maximum Gasteiger partial charge on any atom is 0.416 e. The summed E-state index contributed by atoms with van der Waals surface area (Å²) in [6, 6.07) is 3.63. The minimum Gasteiger partial charge on any atom is -0.490 e. The average Bonchev–Trinajstić information content (AvgIpc) is 2.59. The van der Waals surface area contributed by atoms with Crippen LogP contribution in [0.1, 0.15) is 56.6 Å². The molecule has 1 amide bonds. The van der Waals surface area contributed by atoms with Crippen molar-refractivity contribution in [3.8, 4) is 5.75 Å². The fraction of sp³-hybridized carbons (Fsp3) is 0.682. The Kier molecular flexibility index (Phi) is 4.88. The van der Waals surface area contributed by atoms with Crippen LogP contribution in [0, 0.1) is 18.3 Å². The summed E-state index contributed by atoms with van der Waals surface area (Å²) in [5.74, 6) is 0.411. The number of carbonyl (C=O) groups is 1. The fourth-order valence-corrected chi connectivity index (χ4v) is 5.07. The van der Waals surface area contributed by atoms with Crippen molar-refractivity contribution in [1.82, 2.24) is 4.90 Å². The topological polar surface area (TPSA) is 49.8 Å². The van der Waals surface area contributed by atoms with Gasteiger partial charge in [0.25, 0.3) is 0 Å². The Bertz CT molecular complexity index is 781. The molecule has 1 aromatic carbocycles. The van der Waals surface area contributed by atoms with Gasteiger partial charge in [0.1, 0.15) is 5.75 Å². The van der Waals surface area contributed by atoms with Gasteiger partial charge in [-0.3, -0.25) is 4.79 Å². The fourth-order valence-electron chi connectivity index (χ4n) is 5.07. The van der Waals surface area contributed by atoms with E-state index in [-0.39, 0.29) is 23.3 Å². The number of alkyl halides is 3. The van der Waals surface area contributed by atoms with Crippen LogP contribution in [0.5, 0.6) is 5.75 Å². The molecule has 4 rings (SSSR count). The van der Waals surface area contributed by atoms with E-state index in [1.54, 1.807) is 13.8 Å². The van der Waals surface area contributed by atoms with E-state index >= 15 is 0 Å². The molecule has 0 radical (unpaired) electrons. The van der Waals surface area contributed by atoms with Crippen molar-refractivity contribution < 1.29 is 27.8 Å². The number of carbonyl (C=O) groups excluding carboxylic acids is 1. The first kappa shape index (κ1) is 20.5. The third-order valence-electron chi connectivity index (χ3n) is 6.89. The number of hydrogen-bond donors (Lipinski definition) is 1. The minimum absolute atomic E-state index is 0.0501. The van der Waals surface area contributed by atoms with Crippen LogP contribution >= 0.6 is 0 Å². The zero-order valence-electron chi connectivity index (χ0n) is 16.9. The molecule has 2 aliphatic carbocycles. The molecular weight excluding hydrogens is 383 g/mol. The lowest BCUT2D eigenvalue weighted by atomic mass is 9.66. The molecule has 1 spiro atoms. The summed E-state index contributed by atoms with van der Waals surface area (Å²) in [6.07, 6.45) is 0.0332. The summed E-state index contributed by atoms with van der Waals surface area (Å²) in [5, 5.41) is 9.83.